The van der Waals surface area contributed by atoms with Crippen LogP contribution in [0.5, 0.6) is 0 Å². The summed E-state index contributed by atoms with van der Waals surface area (Å²) in [5.41, 5.74) is -0.0974. The molecule has 96 valence electrons. The third-order valence-electron chi connectivity index (χ3n) is 2.90. The molecule has 1 aromatic rings. The second kappa shape index (κ2) is 4.94. The van der Waals surface area contributed by atoms with Gasteiger partial charge < -0.3 is 9.80 Å². The topological polar surface area (TPSA) is 40.6 Å². The van der Waals surface area contributed by atoms with E-state index in [0.717, 1.165) is 6.07 Å². The molecule has 18 heavy (non-hydrogen) atoms. The summed E-state index contributed by atoms with van der Waals surface area (Å²) in [6, 6.07) is 3.80. The van der Waals surface area contributed by atoms with Gasteiger partial charge in [-0.3, -0.25) is 9.59 Å². The predicted octanol–water partition coefficient (Wildman–Crippen LogP) is 1.39. The molecule has 2 rings (SSSR count). The summed E-state index contributed by atoms with van der Waals surface area (Å²) in [5.74, 6) is -1.29. The molecule has 1 saturated heterocycles. The summed E-state index contributed by atoms with van der Waals surface area (Å²) < 4.78 is 13.5. The number of piperazine rings is 1. The van der Waals surface area contributed by atoms with E-state index >= 15 is 0 Å². The van der Waals surface area contributed by atoms with E-state index in [9.17, 15) is 14.0 Å². The molecule has 0 bridgehead atoms. The number of hydrogen-bond acceptors (Lipinski definition) is 2. The lowest BCUT2D eigenvalue weighted by molar-refractivity contribution is -0.133. The first-order chi connectivity index (χ1) is 8.49. The molecule has 1 fully saturated rings. The lowest BCUT2D eigenvalue weighted by atomic mass is 10.1. The Hall–Kier alpha value is -1.62. The Balaban J connectivity index is 2.21. The molecule has 6 heteroatoms. The molecule has 0 atom stereocenters. The van der Waals surface area contributed by atoms with Crippen molar-refractivity contribution in [3.05, 3.63) is 34.6 Å². The Morgan fingerprint density at radius 1 is 1.39 bits per heavy atom. The van der Waals surface area contributed by atoms with Crippen LogP contribution in [-0.2, 0) is 4.79 Å². The molecule has 0 saturated carbocycles. The fourth-order valence-electron chi connectivity index (χ4n) is 1.76. The van der Waals surface area contributed by atoms with Gasteiger partial charge in [-0.25, -0.2) is 4.39 Å². The maximum Gasteiger partial charge on any atom is 0.257 e. The Morgan fingerprint density at radius 2 is 2.11 bits per heavy atom. The molecule has 0 spiro atoms. The van der Waals surface area contributed by atoms with Crippen molar-refractivity contribution in [2.24, 2.45) is 0 Å². The van der Waals surface area contributed by atoms with E-state index in [1.54, 1.807) is 7.05 Å². The van der Waals surface area contributed by atoms with E-state index in [1.165, 1.54) is 21.9 Å². The minimum Gasteiger partial charge on any atom is -0.342 e. The van der Waals surface area contributed by atoms with Crippen LogP contribution in [0.15, 0.2) is 18.2 Å². The molecule has 4 nitrogen and oxygen atoms in total. The molecular formula is C12H12ClFN2O2. The molecule has 1 aromatic carbocycles. The van der Waals surface area contributed by atoms with Gasteiger partial charge in [-0.15, -0.1) is 0 Å². The second-order valence-corrected chi connectivity index (χ2v) is 4.60. The van der Waals surface area contributed by atoms with Crippen LogP contribution in [0.2, 0.25) is 5.02 Å². The van der Waals surface area contributed by atoms with Crippen molar-refractivity contribution in [2.75, 3.05) is 26.7 Å². The summed E-state index contributed by atoms with van der Waals surface area (Å²) >= 11 is 5.74. The maximum atomic E-state index is 13.5. The second-order valence-electron chi connectivity index (χ2n) is 4.17. The number of rotatable bonds is 1. The number of hydrogen-bond donors (Lipinski definition) is 0. The molecule has 0 radical (unpaired) electrons. The molecule has 1 aliphatic heterocycles. The van der Waals surface area contributed by atoms with E-state index in [2.05, 4.69) is 0 Å². The smallest absolute Gasteiger partial charge is 0.257 e. The Labute approximate surface area is 109 Å². The van der Waals surface area contributed by atoms with Crippen LogP contribution in [0.4, 0.5) is 4.39 Å². The van der Waals surface area contributed by atoms with Gasteiger partial charge >= 0.3 is 0 Å². The summed E-state index contributed by atoms with van der Waals surface area (Å²) in [6.45, 7) is 0.821. The highest BCUT2D eigenvalue weighted by atomic mass is 35.5. The van der Waals surface area contributed by atoms with Crippen LogP contribution in [0.1, 0.15) is 10.4 Å². The highest BCUT2D eigenvalue weighted by Crippen LogP contribution is 2.17. The van der Waals surface area contributed by atoms with Crippen molar-refractivity contribution in [3.8, 4) is 0 Å². The average molecular weight is 271 g/mol. The van der Waals surface area contributed by atoms with E-state index in [1.807, 2.05) is 0 Å². The maximum absolute atomic E-state index is 13.5. The normalized spacial score (nSPS) is 16.1. The molecule has 0 aliphatic carbocycles. The van der Waals surface area contributed by atoms with E-state index in [4.69, 9.17) is 11.6 Å². The van der Waals surface area contributed by atoms with Crippen molar-refractivity contribution >= 4 is 23.4 Å². The Kier molecular flexibility index (Phi) is 3.52. The SMILES string of the molecule is CN1CCN(C(=O)c2cc(Cl)ccc2F)CC1=O. The van der Waals surface area contributed by atoms with Gasteiger partial charge in [0.1, 0.15) is 12.4 Å². The van der Waals surface area contributed by atoms with Gasteiger partial charge in [0.05, 0.1) is 5.56 Å². The molecule has 1 aliphatic rings. The molecular weight excluding hydrogens is 259 g/mol. The van der Waals surface area contributed by atoms with Gasteiger partial charge in [0, 0.05) is 25.2 Å². The zero-order valence-corrected chi connectivity index (χ0v) is 10.6. The van der Waals surface area contributed by atoms with Gasteiger partial charge in [0.2, 0.25) is 5.91 Å². The number of carbonyl (C=O) groups excluding carboxylic acids is 2. The van der Waals surface area contributed by atoms with E-state index < -0.39 is 11.7 Å². The predicted molar refractivity (Wildman–Crippen MR) is 65.0 cm³/mol. The average Bonchev–Trinajstić information content (AvgIpc) is 2.35. The lowest BCUT2D eigenvalue weighted by Gasteiger charge is -2.32. The van der Waals surface area contributed by atoms with Gasteiger partial charge in [-0.05, 0) is 18.2 Å². The largest absolute Gasteiger partial charge is 0.342 e. The van der Waals surface area contributed by atoms with Crippen molar-refractivity contribution < 1.29 is 14.0 Å². The van der Waals surface area contributed by atoms with Gasteiger partial charge in [0.25, 0.3) is 5.91 Å². The van der Waals surface area contributed by atoms with Gasteiger partial charge in [-0.1, -0.05) is 11.6 Å². The highest BCUT2D eigenvalue weighted by molar-refractivity contribution is 6.31. The summed E-state index contributed by atoms with van der Waals surface area (Å²) in [7, 11) is 1.67. The number of halogens is 2. The van der Waals surface area contributed by atoms with Crippen LogP contribution in [-0.4, -0.2) is 48.3 Å². The third kappa shape index (κ3) is 2.46. The van der Waals surface area contributed by atoms with Crippen molar-refractivity contribution in [2.45, 2.75) is 0 Å². The third-order valence-corrected chi connectivity index (χ3v) is 3.14. The number of nitrogens with zero attached hydrogens (tertiary/aromatic N) is 2. The summed E-state index contributed by atoms with van der Waals surface area (Å²) in [6.07, 6.45) is 0. The van der Waals surface area contributed by atoms with E-state index in [-0.39, 0.29) is 18.0 Å². The van der Waals surface area contributed by atoms with Crippen LogP contribution >= 0.6 is 11.6 Å². The standard InChI is InChI=1S/C12H12ClFN2O2/c1-15-4-5-16(7-11(15)17)12(18)9-6-8(13)2-3-10(9)14/h2-3,6H,4-5,7H2,1H3. The fourth-order valence-corrected chi connectivity index (χ4v) is 1.94. The van der Waals surface area contributed by atoms with Crippen molar-refractivity contribution in [1.82, 2.24) is 9.80 Å². The number of likely N-dealkylation sites (N-methyl/N-ethyl adjacent to an activating group) is 1. The first kappa shape index (κ1) is 12.8. The quantitative estimate of drug-likeness (QED) is 0.774. The first-order valence-corrected chi connectivity index (χ1v) is 5.85. The summed E-state index contributed by atoms with van der Waals surface area (Å²) in [4.78, 5) is 26.5. The number of carbonyl (C=O) groups is 2. The van der Waals surface area contributed by atoms with Crippen molar-refractivity contribution in [1.29, 1.82) is 0 Å². The van der Waals surface area contributed by atoms with Gasteiger partial charge in [0.15, 0.2) is 0 Å². The van der Waals surface area contributed by atoms with Gasteiger partial charge in [-0.2, -0.15) is 0 Å². The minimum absolute atomic E-state index is 0.0265. The zero-order chi connectivity index (χ0) is 13.3. The van der Waals surface area contributed by atoms with E-state index in [0.29, 0.717) is 18.1 Å². The lowest BCUT2D eigenvalue weighted by Crippen LogP contribution is -2.50. The zero-order valence-electron chi connectivity index (χ0n) is 9.82. The van der Waals surface area contributed by atoms with Crippen LogP contribution < -0.4 is 0 Å². The van der Waals surface area contributed by atoms with Crippen LogP contribution in [0.3, 0.4) is 0 Å². The van der Waals surface area contributed by atoms with Crippen LogP contribution in [0.25, 0.3) is 0 Å². The monoisotopic (exact) mass is 270 g/mol. The molecule has 2 amide bonds. The molecule has 0 unspecified atom stereocenters. The molecule has 0 N–H and O–H groups in total. The van der Waals surface area contributed by atoms with Crippen molar-refractivity contribution in [3.63, 3.8) is 0 Å². The highest BCUT2D eigenvalue weighted by Gasteiger charge is 2.27. The number of benzene rings is 1. The molecule has 1 heterocycles. The van der Waals surface area contributed by atoms with Crippen LogP contribution in [0, 0.1) is 5.82 Å². The first-order valence-electron chi connectivity index (χ1n) is 5.47. The summed E-state index contributed by atoms with van der Waals surface area (Å²) in [5, 5.41) is 0.292. The number of amides is 2. The molecule has 0 aromatic heterocycles. The Morgan fingerprint density at radius 3 is 2.78 bits per heavy atom. The fraction of sp³-hybridized carbons (Fsp3) is 0.333. The Bertz CT molecular complexity index is 507. The minimum atomic E-state index is -0.629.